The Labute approximate surface area is 85.0 Å². The number of esters is 1. The number of methoxy groups -OCH3 is 1. The summed E-state index contributed by atoms with van der Waals surface area (Å²) >= 11 is 0. The van der Waals surface area contributed by atoms with Crippen LogP contribution in [0.2, 0.25) is 0 Å². The first-order valence-electron chi connectivity index (χ1n) is 5.04. The van der Waals surface area contributed by atoms with Crippen LogP contribution in [0.4, 0.5) is 0 Å². The van der Waals surface area contributed by atoms with Crippen molar-refractivity contribution in [1.82, 2.24) is 5.32 Å². The van der Waals surface area contributed by atoms with Crippen molar-refractivity contribution in [3.8, 4) is 0 Å². The number of hydrogen-bond acceptors (Lipinski definition) is 4. The highest BCUT2D eigenvalue weighted by Crippen LogP contribution is 2.21. The van der Waals surface area contributed by atoms with Crippen LogP contribution in [0.25, 0.3) is 0 Å². The normalized spacial score (nSPS) is 28.6. The third-order valence-electron chi connectivity index (χ3n) is 2.77. The minimum absolute atomic E-state index is 0.160. The second-order valence-corrected chi connectivity index (χ2v) is 3.95. The molecule has 1 N–H and O–H groups in total. The molecule has 1 saturated heterocycles. The molecule has 14 heavy (non-hydrogen) atoms. The molecule has 1 rings (SSSR count). The Balaban J connectivity index is 2.83. The van der Waals surface area contributed by atoms with Crippen LogP contribution >= 0.6 is 0 Å². The Morgan fingerprint density at radius 1 is 1.57 bits per heavy atom. The molecule has 4 heteroatoms. The van der Waals surface area contributed by atoms with Gasteiger partial charge in [0.1, 0.15) is 5.54 Å². The van der Waals surface area contributed by atoms with E-state index in [1.54, 1.807) is 0 Å². The molecule has 0 bridgehead atoms. The average Bonchev–Trinajstić information content (AvgIpc) is 2.42. The van der Waals surface area contributed by atoms with E-state index in [9.17, 15) is 4.79 Å². The first-order chi connectivity index (χ1) is 6.63. The lowest BCUT2D eigenvalue weighted by Crippen LogP contribution is -2.59. The van der Waals surface area contributed by atoms with Crippen molar-refractivity contribution < 1.29 is 14.3 Å². The first kappa shape index (κ1) is 11.5. The van der Waals surface area contributed by atoms with Gasteiger partial charge in [-0.05, 0) is 18.9 Å². The van der Waals surface area contributed by atoms with E-state index in [1.807, 2.05) is 13.8 Å². The van der Waals surface area contributed by atoms with E-state index in [0.29, 0.717) is 13.2 Å². The van der Waals surface area contributed by atoms with Gasteiger partial charge in [-0.1, -0.05) is 13.8 Å². The molecule has 0 aromatic rings. The molecular weight excluding hydrogens is 182 g/mol. The lowest BCUT2D eigenvalue weighted by Gasteiger charge is -2.33. The summed E-state index contributed by atoms with van der Waals surface area (Å²) in [5.41, 5.74) is -0.661. The standard InChI is InChI=1S/C10H19NO3/c1-8(2)10(9(12)13-3)7-14-6-4-5-11-10/h8,11H,4-7H2,1-3H3. The Morgan fingerprint density at radius 3 is 2.86 bits per heavy atom. The predicted octanol–water partition coefficient (Wildman–Crippen LogP) is 0.564. The number of ether oxygens (including phenoxy) is 2. The number of rotatable bonds is 2. The number of nitrogens with one attached hydrogen (secondary N) is 1. The van der Waals surface area contributed by atoms with Crippen LogP contribution < -0.4 is 5.32 Å². The topological polar surface area (TPSA) is 47.6 Å². The van der Waals surface area contributed by atoms with Gasteiger partial charge >= 0.3 is 5.97 Å². The van der Waals surface area contributed by atoms with Crippen molar-refractivity contribution >= 4 is 5.97 Å². The van der Waals surface area contributed by atoms with Crippen molar-refractivity contribution in [3.05, 3.63) is 0 Å². The highest BCUT2D eigenvalue weighted by Gasteiger charge is 2.43. The van der Waals surface area contributed by atoms with Gasteiger partial charge in [-0.3, -0.25) is 5.32 Å². The minimum Gasteiger partial charge on any atom is -0.468 e. The molecule has 0 amide bonds. The molecule has 0 aromatic heterocycles. The van der Waals surface area contributed by atoms with Crippen LogP contribution in [-0.2, 0) is 14.3 Å². The molecule has 1 atom stereocenters. The van der Waals surface area contributed by atoms with Gasteiger partial charge in [0.05, 0.1) is 13.7 Å². The number of carbonyl (C=O) groups is 1. The highest BCUT2D eigenvalue weighted by molar-refractivity contribution is 5.81. The zero-order chi connectivity index (χ0) is 10.6. The third kappa shape index (κ3) is 2.07. The summed E-state index contributed by atoms with van der Waals surface area (Å²) in [6.45, 7) is 5.90. The van der Waals surface area contributed by atoms with Crippen molar-refractivity contribution in [2.75, 3.05) is 26.9 Å². The van der Waals surface area contributed by atoms with Gasteiger partial charge < -0.3 is 9.47 Å². The van der Waals surface area contributed by atoms with Crippen LogP contribution in [0.15, 0.2) is 0 Å². The van der Waals surface area contributed by atoms with Crippen LogP contribution in [0.1, 0.15) is 20.3 Å². The summed E-state index contributed by atoms with van der Waals surface area (Å²) in [6.07, 6.45) is 0.936. The van der Waals surface area contributed by atoms with Gasteiger partial charge in [-0.15, -0.1) is 0 Å². The van der Waals surface area contributed by atoms with E-state index in [0.717, 1.165) is 13.0 Å². The maximum Gasteiger partial charge on any atom is 0.328 e. The van der Waals surface area contributed by atoms with E-state index in [4.69, 9.17) is 9.47 Å². The number of carbonyl (C=O) groups excluding carboxylic acids is 1. The summed E-state index contributed by atoms with van der Waals surface area (Å²) in [4.78, 5) is 11.7. The van der Waals surface area contributed by atoms with Gasteiger partial charge in [-0.25, -0.2) is 4.79 Å². The van der Waals surface area contributed by atoms with Crippen molar-refractivity contribution in [3.63, 3.8) is 0 Å². The lowest BCUT2D eigenvalue weighted by atomic mass is 9.87. The summed E-state index contributed by atoms with van der Waals surface area (Å²) in [7, 11) is 1.42. The van der Waals surface area contributed by atoms with Gasteiger partial charge in [0.15, 0.2) is 0 Å². The molecule has 0 aliphatic carbocycles. The zero-order valence-electron chi connectivity index (χ0n) is 9.13. The fraction of sp³-hybridized carbons (Fsp3) is 0.900. The highest BCUT2D eigenvalue weighted by atomic mass is 16.5. The lowest BCUT2D eigenvalue weighted by molar-refractivity contribution is -0.153. The van der Waals surface area contributed by atoms with Gasteiger partial charge in [-0.2, -0.15) is 0 Å². The van der Waals surface area contributed by atoms with E-state index < -0.39 is 5.54 Å². The third-order valence-corrected chi connectivity index (χ3v) is 2.77. The summed E-state index contributed by atoms with van der Waals surface area (Å²) < 4.78 is 10.3. The SMILES string of the molecule is COC(=O)C1(C(C)C)COCCCN1. The second kappa shape index (κ2) is 4.75. The Morgan fingerprint density at radius 2 is 2.29 bits per heavy atom. The Kier molecular flexibility index (Phi) is 3.89. The molecule has 0 radical (unpaired) electrons. The van der Waals surface area contributed by atoms with Crippen molar-refractivity contribution in [2.24, 2.45) is 5.92 Å². The van der Waals surface area contributed by atoms with Crippen LogP contribution in [-0.4, -0.2) is 38.4 Å². The van der Waals surface area contributed by atoms with Crippen LogP contribution in [0.3, 0.4) is 0 Å². The quantitative estimate of drug-likeness (QED) is 0.663. The van der Waals surface area contributed by atoms with Crippen LogP contribution in [0.5, 0.6) is 0 Å². The molecule has 1 aliphatic heterocycles. The van der Waals surface area contributed by atoms with Crippen molar-refractivity contribution in [1.29, 1.82) is 0 Å². The minimum atomic E-state index is -0.661. The molecule has 4 nitrogen and oxygen atoms in total. The Bertz CT molecular complexity index is 196. The zero-order valence-corrected chi connectivity index (χ0v) is 9.13. The van der Waals surface area contributed by atoms with Crippen LogP contribution in [0, 0.1) is 5.92 Å². The average molecular weight is 201 g/mol. The smallest absolute Gasteiger partial charge is 0.328 e. The fourth-order valence-corrected chi connectivity index (χ4v) is 1.69. The van der Waals surface area contributed by atoms with Gasteiger partial charge in [0.25, 0.3) is 0 Å². The Hall–Kier alpha value is -0.610. The molecule has 1 unspecified atom stereocenters. The molecular formula is C10H19NO3. The van der Waals surface area contributed by atoms with Gasteiger partial charge in [0.2, 0.25) is 0 Å². The molecule has 0 aromatic carbocycles. The first-order valence-corrected chi connectivity index (χ1v) is 5.04. The van der Waals surface area contributed by atoms with Gasteiger partial charge in [0, 0.05) is 6.61 Å². The summed E-state index contributed by atoms with van der Waals surface area (Å²) in [5.74, 6) is -0.0672. The van der Waals surface area contributed by atoms with E-state index in [2.05, 4.69) is 5.32 Å². The maximum absolute atomic E-state index is 11.7. The summed E-state index contributed by atoms with van der Waals surface area (Å²) in [6, 6.07) is 0. The molecule has 1 fully saturated rings. The monoisotopic (exact) mass is 201 g/mol. The predicted molar refractivity (Wildman–Crippen MR) is 53.0 cm³/mol. The number of hydrogen-bond donors (Lipinski definition) is 1. The van der Waals surface area contributed by atoms with E-state index in [1.165, 1.54) is 7.11 Å². The molecule has 1 heterocycles. The fourth-order valence-electron chi connectivity index (χ4n) is 1.69. The second-order valence-electron chi connectivity index (χ2n) is 3.95. The molecule has 1 aliphatic rings. The molecule has 0 spiro atoms. The van der Waals surface area contributed by atoms with E-state index >= 15 is 0 Å². The summed E-state index contributed by atoms with van der Waals surface area (Å²) in [5, 5.41) is 3.25. The maximum atomic E-state index is 11.7. The van der Waals surface area contributed by atoms with E-state index in [-0.39, 0.29) is 11.9 Å². The van der Waals surface area contributed by atoms with Crippen molar-refractivity contribution in [2.45, 2.75) is 25.8 Å². The largest absolute Gasteiger partial charge is 0.468 e. The molecule has 0 saturated carbocycles. The molecule has 82 valence electrons.